The van der Waals surface area contributed by atoms with Crippen LogP contribution in [0, 0.1) is 19.8 Å². The van der Waals surface area contributed by atoms with Gasteiger partial charge in [-0.25, -0.2) is 14.6 Å². The van der Waals surface area contributed by atoms with Crippen molar-refractivity contribution in [2.45, 2.75) is 39.8 Å². The van der Waals surface area contributed by atoms with Gasteiger partial charge < -0.3 is 4.42 Å². The Labute approximate surface area is 141 Å². The van der Waals surface area contributed by atoms with Crippen molar-refractivity contribution < 1.29 is 4.42 Å². The van der Waals surface area contributed by atoms with Gasteiger partial charge in [-0.05, 0) is 51.3 Å². The number of aryl methyl sites for hydroxylation is 2. The fraction of sp³-hybridized carbons (Fsp3) is 0.500. The first-order chi connectivity index (χ1) is 11.7. The monoisotopic (exact) mass is 325 g/mol. The molecule has 1 saturated heterocycles. The molecule has 24 heavy (non-hydrogen) atoms. The van der Waals surface area contributed by atoms with Crippen molar-refractivity contribution in [1.82, 2.24) is 24.6 Å². The summed E-state index contributed by atoms with van der Waals surface area (Å²) in [5.41, 5.74) is 1.81. The van der Waals surface area contributed by atoms with Crippen LogP contribution in [0.2, 0.25) is 0 Å². The summed E-state index contributed by atoms with van der Waals surface area (Å²) in [6.07, 6.45) is 2.44. The van der Waals surface area contributed by atoms with E-state index in [9.17, 15) is 0 Å². The SMILES string of the molecule is Cc1nc(C)n(C[C@H]2CCCN(Cc3nc4ccccc4o3)C2)n1. The number of rotatable bonds is 4. The van der Waals surface area contributed by atoms with Crippen molar-refractivity contribution in [3.05, 3.63) is 41.8 Å². The lowest BCUT2D eigenvalue weighted by Crippen LogP contribution is -2.37. The van der Waals surface area contributed by atoms with Gasteiger partial charge in [0.2, 0.25) is 5.89 Å². The van der Waals surface area contributed by atoms with E-state index >= 15 is 0 Å². The number of nitrogens with zero attached hydrogens (tertiary/aromatic N) is 5. The molecule has 6 heteroatoms. The minimum Gasteiger partial charge on any atom is -0.439 e. The lowest BCUT2D eigenvalue weighted by Gasteiger charge is -2.31. The van der Waals surface area contributed by atoms with Crippen LogP contribution in [0.4, 0.5) is 0 Å². The van der Waals surface area contributed by atoms with Crippen molar-refractivity contribution in [3.63, 3.8) is 0 Å². The van der Waals surface area contributed by atoms with Crippen LogP contribution in [0.15, 0.2) is 28.7 Å². The Bertz CT molecular complexity index is 804. The van der Waals surface area contributed by atoms with Gasteiger partial charge in [0.15, 0.2) is 5.58 Å². The zero-order valence-corrected chi connectivity index (χ0v) is 14.3. The summed E-state index contributed by atoms with van der Waals surface area (Å²) in [5, 5.41) is 4.50. The Morgan fingerprint density at radius 3 is 2.88 bits per heavy atom. The minimum atomic E-state index is 0.600. The predicted octanol–water partition coefficient (Wildman–Crippen LogP) is 2.95. The van der Waals surface area contributed by atoms with E-state index in [1.165, 1.54) is 12.8 Å². The summed E-state index contributed by atoms with van der Waals surface area (Å²) in [6, 6.07) is 7.95. The summed E-state index contributed by atoms with van der Waals surface area (Å²) >= 11 is 0. The van der Waals surface area contributed by atoms with Crippen LogP contribution in [-0.2, 0) is 13.1 Å². The van der Waals surface area contributed by atoms with Crippen molar-refractivity contribution in [3.8, 4) is 0 Å². The second kappa shape index (κ2) is 6.36. The normalized spacial score (nSPS) is 19.2. The van der Waals surface area contributed by atoms with Crippen molar-refractivity contribution >= 4 is 11.1 Å². The number of aromatic nitrogens is 4. The van der Waals surface area contributed by atoms with Crippen LogP contribution in [0.5, 0.6) is 0 Å². The molecule has 0 N–H and O–H groups in total. The third kappa shape index (κ3) is 3.19. The van der Waals surface area contributed by atoms with Gasteiger partial charge in [-0.1, -0.05) is 12.1 Å². The highest BCUT2D eigenvalue weighted by molar-refractivity contribution is 5.72. The predicted molar refractivity (Wildman–Crippen MR) is 91.5 cm³/mol. The summed E-state index contributed by atoms with van der Waals surface area (Å²) in [7, 11) is 0. The highest BCUT2D eigenvalue weighted by Gasteiger charge is 2.22. The number of para-hydroxylation sites is 2. The van der Waals surface area contributed by atoms with E-state index in [1.54, 1.807) is 0 Å². The van der Waals surface area contributed by atoms with E-state index in [0.29, 0.717) is 5.92 Å². The number of oxazole rings is 1. The molecule has 6 nitrogen and oxygen atoms in total. The molecule has 1 aliphatic rings. The second-order valence-corrected chi connectivity index (χ2v) is 6.71. The molecule has 3 heterocycles. The first kappa shape index (κ1) is 15.3. The van der Waals surface area contributed by atoms with Gasteiger partial charge >= 0.3 is 0 Å². The molecule has 4 rings (SSSR count). The number of fused-ring (bicyclic) bond motifs is 1. The summed E-state index contributed by atoms with van der Waals surface area (Å²) < 4.78 is 7.91. The Balaban J connectivity index is 1.42. The Kier molecular flexibility index (Phi) is 4.06. The molecular weight excluding hydrogens is 302 g/mol. The number of hydrogen-bond donors (Lipinski definition) is 0. The zero-order valence-electron chi connectivity index (χ0n) is 14.3. The maximum absolute atomic E-state index is 5.87. The Morgan fingerprint density at radius 2 is 2.08 bits per heavy atom. The largest absolute Gasteiger partial charge is 0.439 e. The molecule has 0 bridgehead atoms. The zero-order chi connectivity index (χ0) is 16.5. The average Bonchev–Trinajstić information content (AvgIpc) is 3.10. The van der Waals surface area contributed by atoms with E-state index in [0.717, 1.165) is 54.8 Å². The second-order valence-electron chi connectivity index (χ2n) is 6.71. The molecular formula is C18H23N5O. The van der Waals surface area contributed by atoms with E-state index in [2.05, 4.69) is 20.0 Å². The third-order valence-corrected chi connectivity index (χ3v) is 4.69. The summed E-state index contributed by atoms with van der Waals surface area (Å²) in [4.78, 5) is 11.4. The topological polar surface area (TPSA) is 60.0 Å². The van der Waals surface area contributed by atoms with Crippen LogP contribution < -0.4 is 0 Å². The van der Waals surface area contributed by atoms with Gasteiger partial charge in [-0.2, -0.15) is 5.10 Å². The van der Waals surface area contributed by atoms with E-state index in [4.69, 9.17) is 4.42 Å². The molecule has 0 spiro atoms. The maximum atomic E-state index is 5.87. The van der Waals surface area contributed by atoms with E-state index in [1.807, 2.05) is 42.8 Å². The Morgan fingerprint density at radius 1 is 1.21 bits per heavy atom. The van der Waals surface area contributed by atoms with Crippen LogP contribution >= 0.6 is 0 Å². The molecule has 0 radical (unpaired) electrons. The highest BCUT2D eigenvalue weighted by Crippen LogP contribution is 2.22. The number of likely N-dealkylation sites (tertiary alicyclic amines) is 1. The van der Waals surface area contributed by atoms with Crippen LogP contribution in [0.25, 0.3) is 11.1 Å². The maximum Gasteiger partial charge on any atom is 0.209 e. The first-order valence-electron chi connectivity index (χ1n) is 8.62. The van der Waals surface area contributed by atoms with Crippen LogP contribution in [0.1, 0.15) is 30.4 Å². The van der Waals surface area contributed by atoms with Crippen molar-refractivity contribution in [2.75, 3.05) is 13.1 Å². The van der Waals surface area contributed by atoms with Crippen LogP contribution in [0.3, 0.4) is 0 Å². The third-order valence-electron chi connectivity index (χ3n) is 4.69. The van der Waals surface area contributed by atoms with E-state index in [-0.39, 0.29) is 0 Å². The fourth-order valence-corrected chi connectivity index (χ4v) is 3.60. The number of piperidine rings is 1. The van der Waals surface area contributed by atoms with Crippen molar-refractivity contribution in [2.24, 2.45) is 5.92 Å². The lowest BCUT2D eigenvalue weighted by atomic mass is 9.98. The van der Waals surface area contributed by atoms with Gasteiger partial charge in [0.1, 0.15) is 17.2 Å². The average molecular weight is 325 g/mol. The van der Waals surface area contributed by atoms with Gasteiger partial charge in [0.25, 0.3) is 0 Å². The molecule has 3 aromatic rings. The summed E-state index contributed by atoms with van der Waals surface area (Å²) in [5.74, 6) is 3.27. The smallest absolute Gasteiger partial charge is 0.209 e. The van der Waals surface area contributed by atoms with Gasteiger partial charge in [0, 0.05) is 13.1 Å². The molecule has 1 aliphatic heterocycles. The molecule has 1 fully saturated rings. The number of benzene rings is 1. The lowest BCUT2D eigenvalue weighted by molar-refractivity contribution is 0.142. The molecule has 0 amide bonds. The molecule has 2 aromatic heterocycles. The minimum absolute atomic E-state index is 0.600. The molecule has 0 unspecified atom stereocenters. The Hall–Kier alpha value is -2.21. The molecule has 1 aromatic carbocycles. The summed E-state index contributed by atoms with van der Waals surface area (Å²) in [6.45, 7) is 7.85. The quantitative estimate of drug-likeness (QED) is 0.738. The molecule has 0 saturated carbocycles. The van der Waals surface area contributed by atoms with Gasteiger partial charge in [-0.3, -0.25) is 4.90 Å². The standard InChI is InChI=1S/C18H23N5O/c1-13-19-14(2)23(21-13)11-15-6-5-9-22(10-15)12-18-20-16-7-3-4-8-17(16)24-18/h3-4,7-8,15H,5-6,9-12H2,1-2H3/t15-/m0/s1. The first-order valence-corrected chi connectivity index (χ1v) is 8.62. The van der Waals surface area contributed by atoms with Gasteiger partial charge in [-0.15, -0.1) is 0 Å². The van der Waals surface area contributed by atoms with Crippen molar-refractivity contribution in [1.29, 1.82) is 0 Å². The van der Waals surface area contributed by atoms with E-state index < -0.39 is 0 Å². The molecule has 0 aliphatic carbocycles. The number of hydrogen-bond acceptors (Lipinski definition) is 5. The molecule has 1 atom stereocenters. The molecule has 126 valence electrons. The highest BCUT2D eigenvalue weighted by atomic mass is 16.3. The van der Waals surface area contributed by atoms with Crippen LogP contribution in [-0.4, -0.2) is 37.7 Å². The van der Waals surface area contributed by atoms with Gasteiger partial charge in [0.05, 0.1) is 6.54 Å². The fourth-order valence-electron chi connectivity index (χ4n) is 3.60.